The SMILES string of the molecule is CC1(C)Cc2cc(-c3ccc4c(c3)OCCO4)ccc2C1NC(=O)O. The Balaban J connectivity index is 1.70. The highest BCUT2D eigenvalue weighted by molar-refractivity contribution is 5.70. The lowest BCUT2D eigenvalue weighted by atomic mass is 9.85. The molecule has 0 aromatic heterocycles. The van der Waals surface area contributed by atoms with E-state index >= 15 is 0 Å². The van der Waals surface area contributed by atoms with Crippen LogP contribution in [0.4, 0.5) is 4.79 Å². The first-order chi connectivity index (χ1) is 11.9. The number of hydrogen-bond acceptors (Lipinski definition) is 3. The molecule has 1 unspecified atom stereocenters. The summed E-state index contributed by atoms with van der Waals surface area (Å²) < 4.78 is 11.2. The van der Waals surface area contributed by atoms with Gasteiger partial charge in [0.25, 0.3) is 0 Å². The summed E-state index contributed by atoms with van der Waals surface area (Å²) in [4.78, 5) is 11.1. The zero-order chi connectivity index (χ0) is 17.6. The molecule has 0 saturated carbocycles. The molecule has 2 N–H and O–H groups in total. The second-order valence-electron chi connectivity index (χ2n) is 7.32. The Morgan fingerprint density at radius 1 is 1.08 bits per heavy atom. The number of ether oxygens (including phenoxy) is 2. The van der Waals surface area contributed by atoms with E-state index in [1.165, 1.54) is 5.56 Å². The highest BCUT2D eigenvalue weighted by atomic mass is 16.6. The standard InChI is InChI=1S/C20H21NO4/c1-20(2)11-14-9-12(3-5-15(14)18(20)21-19(22)23)13-4-6-16-17(10-13)25-8-7-24-16/h3-6,9-10,18,21H,7-8,11H2,1-2H3,(H,22,23). The van der Waals surface area contributed by atoms with Gasteiger partial charge in [-0.1, -0.05) is 38.1 Å². The van der Waals surface area contributed by atoms with Crippen LogP contribution in [0.3, 0.4) is 0 Å². The summed E-state index contributed by atoms with van der Waals surface area (Å²) in [5.74, 6) is 1.55. The lowest BCUT2D eigenvalue weighted by molar-refractivity contribution is 0.171. The molecule has 0 saturated heterocycles. The van der Waals surface area contributed by atoms with Crippen LogP contribution >= 0.6 is 0 Å². The summed E-state index contributed by atoms with van der Waals surface area (Å²) in [6.07, 6.45) is -0.145. The maximum absolute atomic E-state index is 11.1. The van der Waals surface area contributed by atoms with Gasteiger partial charge in [0, 0.05) is 0 Å². The molecule has 2 aromatic rings. The summed E-state index contributed by atoms with van der Waals surface area (Å²) in [6, 6.07) is 12.0. The number of amides is 1. The van der Waals surface area contributed by atoms with E-state index in [2.05, 4.69) is 25.2 Å². The van der Waals surface area contributed by atoms with Crippen molar-refractivity contribution in [1.82, 2.24) is 5.32 Å². The molecule has 5 heteroatoms. The van der Waals surface area contributed by atoms with Crippen molar-refractivity contribution in [2.24, 2.45) is 5.41 Å². The third-order valence-corrected chi connectivity index (χ3v) is 5.02. The zero-order valence-corrected chi connectivity index (χ0v) is 14.3. The molecular weight excluding hydrogens is 318 g/mol. The van der Waals surface area contributed by atoms with Crippen LogP contribution < -0.4 is 14.8 Å². The lowest BCUT2D eigenvalue weighted by Crippen LogP contribution is -2.34. The van der Waals surface area contributed by atoms with Crippen molar-refractivity contribution < 1.29 is 19.4 Å². The van der Waals surface area contributed by atoms with Crippen LogP contribution in [-0.2, 0) is 6.42 Å². The van der Waals surface area contributed by atoms with Crippen LogP contribution in [0.1, 0.15) is 31.0 Å². The number of carboxylic acid groups (broad SMARTS) is 1. The number of fused-ring (bicyclic) bond motifs is 2. The molecule has 1 amide bonds. The molecule has 25 heavy (non-hydrogen) atoms. The van der Waals surface area contributed by atoms with Gasteiger partial charge >= 0.3 is 6.09 Å². The summed E-state index contributed by atoms with van der Waals surface area (Å²) >= 11 is 0. The van der Waals surface area contributed by atoms with E-state index < -0.39 is 6.09 Å². The fraction of sp³-hybridized carbons (Fsp3) is 0.350. The Labute approximate surface area is 146 Å². The van der Waals surface area contributed by atoms with Gasteiger partial charge in [0.15, 0.2) is 11.5 Å². The molecule has 1 aliphatic carbocycles. The molecule has 130 valence electrons. The highest BCUT2D eigenvalue weighted by Gasteiger charge is 2.40. The zero-order valence-electron chi connectivity index (χ0n) is 14.3. The Hall–Kier alpha value is -2.69. The Morgan fingerprint density at radius 2 is 1.76 bits per heavy atom. The average molecular weight is 339 g/mol. The first-order valence-electron chi connectivity index (χ1n) is 8.46. The maximum Gasteiger partial charge on any atom is 0.405 e. The molecule has 1 aliphatic heterocycles. The Kier molecular flexibility index (Phi) is 3.60. The van der Waals surface area contributed by atoms with Crippen LogP contribution in [-0.4, -0.2) is 24.4 Å². The number of benzene rings is 2. The molecule has 1 atom stereocenters. The largest absolute Gasteiger partial charge is 0.486 e. The van der Waals surface area contributed by atoms with Crippen LogP contribution in [0.15, 0.2) is 36.4 Å². The fourth-order valence-corrected chi connectivity index (χ4v) is 3.85. The Morgan fingerprint density at radius 3 is 2.52 bits per heavy atom. The van der Waals surface area contributed by atoms with Gasteiger partial charge in [-0.2, -0.15) is 0 Å². The minimum atomic E-state index is -0.984. The van der Waals surface area contributed by atoms with Crippen molar-refractivity contribution >= 4 is 6.09 Å². The van der Waals surface area contributed by atoms with Gasteiger partial charge < -0.3 is 19.9 Å². The van der Waals surface area contributed by atoms with Gasteiger partial charge in [-0.15, -0.1) is 0 Å². The van der Waals surface area contributed by atoms with E-state index in [9.17, 15) is 4.79 Å². The van der Waals surface area contributed by atoms with E-state index in [0.29, 0.717) is 13.2 Å². The number of rotatable bonds is 2. The first kappa shape index (κ1) is 15.8. The van der Waals surface area contributed by atoms with Gasteiger partial charge in [0.2, 0.25) is 0 Å². The first-order valence-corrected chi connectivity index (χ1v) is 8.46. The topological polar surface area (TPSA) is 67.8 Å². The predicted octanol–water partition coefficient (Wildman–Crippen LogP) is 4.02. The van der Waals surface area contributed by atoms with Gasteiger partial charge in [-0.3, -0.25) is 0 Å². The van der Waals surface area contributed by atoms with Gasteiger partial charge in [0.05, 0.1) is 6.04 Å². The van der Waals surface area contributed by atoms with Crippen molar-refractivity contribution in [2.45, 2.75) is 26.3 Å². The van der Waals surface area contributed by atoms with E-state index in [1.807, 2.05) is 30.3 Å². The molecule has 0 fully saturated rings. The summed E-state index contributed by atoms with van der Waals surface area (Å²) in [6.45, 7) is 5.34. The lowest BCUT2D eigenvalue weighted by Gasteiger charge is -2.27. The quantitative estimate of drug-likeness (QED) is 0.867. The fourth-order valence-electron chi connectivity index (χ4n) is 3.85. The molecule has 0 radical (unpaired) electrons. The Bertz CT molecular complexity index is 844. The van der Waals surface area contributed by atoms with Crippen molar-refractivity contribution in [3.05, 3.63) is 47.5 Å². The van der Waals surface area contributed by atoms with E-state index in [1.54, 1.807) is 0 Å². The number of carbonyl (C=O) groups is 1. The normalized spacial score (nSPS) is 20.0. The third kappa shape index (κ3) is 2.80. The average Bonchev–Trinajstić information content (AvgIpc) is 2.83. The minimum absolute atomic E-state index is 0.147. The van der Waals surface area contributed by atoms with Gasteiger partial charge in [-0.25, -0.2) is 4.79 Å². The molecule has 4 rings (SSSR count). The van der Waals surface area contributed by atoms with Crippen molar-refractivity contribution in [3.63, 3.8) is 0 Å². The van der Waals surface area contributed by atoms with Crippen molar-refractivity contribution in [3.8, 4) is 22.6 Å². The molecular formula is C20H21NO4. The summed E-state index contributed by atoms with van der Waals surface area (Å²) in [5.41, 5.74) is 4.28. The second-order valence-corrected chi connectivity index (χ2v) is 7.32. The third-order valence-electron chi connectivity index (χ3n) is 5.02. The molecule has 2 aromatic carbocycles. The molecule has 2 aliphatic rings. The highest BCUT2D eigenvalue weighted by Crippen LogP contribution is 2.46. The summed E-state index contributed by atoms with van der Waals surface area (Å²) in [7, 11) is 0. The van der Waals surface area contributed by atoms with E-state index in [4.69, 9.17) is 14.6 Å². The van der Waals surface area contributed by atoms with Crippen molar-refractivity contribution in [1.29, 1.82) is 0 Å². The van der Waals surface area contributed by atoms with Crippen LogP contribution in [0, 0.1) is 5.41 Å². The molecule has 5 nitrogen and oxygen atoms in total. The maximum atomic E-state index is 11.1. The number of hydrogen-bond donors (Lipinski definition) is 2. The number of nitrogens with one attached hydrogen (secondary N) is 1. The van der Waals surface area contributed by atoms with E-state index in [0.717, 1.165) is 34.6 Å². The second kappa shape index (κ2) is 5.69. The molecule has 0 bridgehead atoms. The monoisotopic (exact) mass is 339 g/mol. The van der Waals surface area contributed by atoms with E-state index in [-0.39, 0.29) is 11.5 Å². The summed E-state index contributed by atoms with van der Waals surface area (Å²) in [5, 5.41) is 11.8. The van der Waals surface area contributed by atoms with Gasteiger partial charge in [0.1, 0.15) is 13.2 Å². The molecule has 0 spiro atoms. The predicted molar refractivity (Wildman–Crippen MR) is 94.3 cm³/mol. The smallest absolute Gasteiger partial charge is 0.405 e. The van der Waals surface area contributed by atoms with Gasteiger partial charge in [-0.05, 0) is 46.2 Å². The molecule has 1 heterocycles. The van der Waals surface area contributed by atoms with Crippen molar-refractivity contribution in [2.75, 3.05) is 13.2 Å². The van der Waals surface area contributed by atoms with Crippen LogP contribution in [0.2, 0.25) is 0 Å². The minimum Gasteiger partial charge on any atom is -0.486 e. The van der Waals surface area contributed by atoms with Crippen LogP contribution in [0.25, 0.3) is 11.1 Å². The van der Waals surface area contributed by atoms with Crippen LogP contribution in [0.5, 0.6) is 11.5 Å².